The van der Waals surface area contributed by atoms with E-state index in [1.165, 1.54) is 12.1 Å². The molecule has 0 aliphatic heterocycles. The second kappa shape index (κ2) is 7.93. The SMILES string of the molecule is O=C(NCc1ccnc(OCc2ccoc2)c1)c1nc2ccc(F)cc2c(=O)[nH]1. The molecule has 146 valence electrons. The summed E-state index contributed by atoms with van der Waals surface area (Å²) in [5.41, 5.74) is 1.27. The van der Waals surface area contributed by atoms with E-state index in [-0.39, 0.29) is 23.3 Å². The van der Waals surface area contributed by atoms with Crippen molar-refractivity contribution in [1.29, 1.82) is 0 Å². The van der Waals surface area contributed by atoms with E-state index in [2.05, 4.69) is 20.3 Å². The van der Waals surface area contributed by atoms with E-state index in [4.69, 9.17) is 9.15 Å². The number of amides is 1. The van der Waals surface area contributed by atoms with Crippen molar-refractivity contribution < 1.29 is 18.3 Å². The first kappa shape index (κ1) is 18.4. The van der Waals surface area contributed by atoms with Gasteiger partial charge in [0.05, 0.1) is 23.4 Å². The fourth-order valence-corrected chi connectivity index (χ4v) is 2.66. The molecule has 0 aliphatic rings. The number of carbonyl (C=O) groups is 1. The van der Waals surface area contributed by atoms with Gasteiger partial charge in [0.2, 0.25) is 5.88 Å². The molecule has 2 N–H and O–H groups in total. The second-order valence-electron chi connectivity index (χ2n) is 6.18. The summed E-state index contributed by atoms with van der Waals surface area (Å²) in [6.07, 6.45) is 4.70. The van der Waals surface area contributed by atoms with E-state index < -0.39 is 17.3 Å². The highest BCUT2D eigenvalue weighted by Crippen LogP contribution is 2.13. The minimum Gasteiger partial charge on any atom is -0.473 e. The molecule has 3 heterocycles. The molecule has 0 saturated heterocycles. The van der Waals surface area contributed by atoms with Crippen LogP contribution in [0.1, 0.15) is 21.7 Å². The lowest BCUT2D eigenvalue weighted by molar-refractivity contribution is 0.0940. The summed E-state index contributed by atoms with van der Waals surface area (Å²) in [7, 11) is 0. The Morgan fingerprint density at radius 2 is 2.10 bits per heavy atom. The van der Waals surface area contributed by atoms with Gasteiger partial charge in [-0.15, -0.1) is 0 Å². The Hall–Kier alpha value is -4.01. The molecule has 1 aromatic carbocycles. The van der Waals surface area contributed by atoms with Crippen LogP contribution in [0, 0.1) is 5.82 Å². The van der Waals surface area contributed by atoms with Gasteiger partial charge in [-0.25, -0.2) is 14.4 Å². The zero-order valence-electron chi connectivity index (χ0n) is 15.0. The highest BCUT2D eigenvalue weighted by Gasteiger charge is 2.12. The number of carbonyl (C=O) groups excluding carboxylic acids is 1. The maximum atomic E-state index is 13.3. The molecule has 0 fully saturated rings. The van der Waals surface area contributed by atoms with Crippen molar-refractivity contribution >= 4 is 16.8 Å². The minimum atomic E-state index is -0.585. The van der Waals surface area contributed by atoms with Crippen LogP contribution in [0.3, 0.4) is 0 Å². The van der Waals surface area contributed by atoms with Gasteiger partial charge >= 0.3 is 0 Å². The monoisotopic (exact) mass is 394 g/mol. The number of H-pyrrole nitrogens is 1. The number of nitrogens with zero attached hydrogens (tertiary/aromatic N) is 2. The summed E-state index contributed by atoms with van der Waals surface area (Å²) in [6, 6.07) is 8.81. The number of ether oxygens (including phenoxy) is 1. The number of halogens is 1. The van der Waals surface area contributed by atoms with Crippen molar-refractivity contribution in [2.45, 2.75) is 13.2 Å². The van der Waals surface area contributed by atoms with Crippen LogP contribution >= 0.6 is 0 Å². The molecule has 0 spiro atoms. The maximum Gasteiger partial charge on any atom is 0.287 e. The van der Waals surface area contributed by atoms with Crippen LogP contribution in [-0.2, 0) is 13.2 Å². The summed E-state index contributed by atoms with van der Waals surface area (Å²) < 4.78 is 23.8. The molecule has 0 bridgehead atoms. The molecule has 0 saturated carbocycles. The summed E-state index contributed by atoms with van der Waals surface area (Å²) >= 11 is 0. The van der Waals surface area contributed by atoms with Crippen molar-refractivity contribution in [2.24, 2.45) is 0 Å². The van der Waals surface area contributed by atoms with Gasteiger partial charge < -0.3 is 19.5 Å². The van der Waals surface area contributed by atoms with Gasteiger partial charge in [-0.2, -0.15) is 0 Å². The zero-order chi connectivity index (χ0) is 20.2. The largest absolute Gasteiger partial charge is 0.473 e. The quantitative estimate of drug-likeness (QED) is 0.520. The number of fused-ring (bicyclic) bond motifs is 1. The third kappa shape index (κ3) is 4.29. The Kier molecular flexibility index (Phi) is 5.02. The van der Waals surface area contributed by atoms with Crippen LogP contribution in [0.5, 0.6) is 5.88 Å². The van der Waals surface area contributed by atoms with Crippen molar-refractivity contribution in [3.05, 3.63) is 88.2 Å². The van der Waals surface area contributed by atoms with Crippen LogP contribution in [0.4, 0.5) is 4.39 Å². The lowest BCUT2D eigenvalue weighted by atomic mass is 10.2. The lowest BCUT2D eigenvalue weighted by Crippen LogP contribution is -2.27. The molecular formula is C20H15FN4O4. The van der Waals surface area contributed by atoms with Crippen LogP contribution in [-0.4, -0.2) is 20.9 Å². The predicted octanol–water partition coefficient (Wildman–Crippen LogP) is 2.56. The average molecular weight is 394 g/mol. The highest BCUT2D eigenvalue weighted by molar-refractivity contribution is 5.92. The molecule has 0 unspecified atom stereocenters. The summed E-state index contributed by atoms with van der Waals surface area (Å²) in [6.45, 7) is 0.483. The Morgan fingerprint density at radius 3 is 2.93 bits per heavy atom. The standard InChI is InChI=1S/C20H15FN4O4/c21-14-1-2-16-15(8-14)19(26)25-18(24-16)20(27)23-9-12-3-5-22-17(7-12)29-11-13-4-6-28-10-13/h1-8,10H,9,11H2,(H,23,27)(H,24,25,26). The molecule has 4 rings (SSSR count). The normalized spacial score (nSPS) is 10.8. The van der Waals surface area contributed by atoms with Gasteiger partial charge in [0.15, 0.2) is 5.82 Å². The fourth-order valence-electron chi connectivity index (χ4n) is 2.66. The molecule has 0 aliphatic carbocycles. The Bertz CT molecular complexity index is 1220. The molecule has 4 aromatic rings. The van der Waals surface area contributed by atoms with Gasteiger partial charge in [0.1, 0.15) is 12.4 Å². The van der Waals surface area contributed by atoms with Gasteiger partial charge in [-0.1, -0.05) is 0 Å². The van der Waals surface area contributed by atoms with Crippen molar-refractivity contribution in [2.75, 3.05) is 0 Å². The molecule has 1 amide bonds. The first-order chi connectivity index (χ1) is 14.1. The van der Waals surface area contributed by atoms with E-state index in [1.807, 2.05) is 0 Å². The number of furan rings is 1. The molecule has 29 heavy (non-hydrogen) atoms. The lowest BCUT2D eigenvalue weighted by Gasteiger charge is -2.08. The number of hydrogen-bond acceptors (Lipinski definition) is 6. The Balaban J connectivity index is 1.43. The number of benzene rings is 1. The van der Waals surface area contributed by atoms with Crippen molar-refractivity contribution in [3.63, 3.8) is 0 Å². The first-order valence-corrected chi connectivity index (χ1v) is 8.65. The van der Waals surface area contributed by atoms with Gasteiger partial charge in [0, 0.05) is 24.4 Å². The van der Waals surface area contributed by atoms with Gasteiger partial charge in [-0.05, 0) is 35.9 Å². The molecule has 0 atom stereocenters. The van der Waals surface area contributed by atoms with Gasteiger partial charge in [0.25, 0.3) is 11.5 Å². The Labute approximate surface area is 163 Å². The summed E-state index contributed by atoms with van der Waals surface area (Å²) in [5, 5.41) is 2.75. The zero-order valence-corrected chi connectivity index (χ0v) is 15.0. The summed E-state index contributed by atoms with van der Waals surface area (Å²) in [4.78, 5) is 35.0. The van der Waals surface area contributed by atoms with E-state index in [1.54, 1.807) is 36.9 Å². The first-order valence-electron chi connectivity index (χ1n) is 8.65. The molecule has 9 heteroatoms. The van der Waals surface area contributed by atoms with Crippen molar-refractivity contribution in [1.82, 2.24) is 20.3 Å². The molecule has 3 aromatic heterocycles. The van der Waals surface area contributed by atoms with Crippen LogP contribution < -0.4 is 15.6 Å². The minimum absolute atomic E-state index is 0.0788. The van der Waals surface area contributed by atoms with E-state index in [0.29, 0.717) is 12.5 Å². The average Bonchev–Trinajstić information content (AvgIpc) is 3.25. The van der Waals surface area contributed by atoms with Crippen LogP contribution in [0.2, 0.25) is 0 Å². The number of pyridine rings is 1. The number of hydrogen-bond donors (Lipinski definition) is 2. The maximum absolute atomic E-state index is 13.3. The molecule has 0 radical (unpaired) electrons. The summed E-state index contributed by atoms with van der Waals surface area (Å²) in [5.74, 6) is -0.867. The third-order valence-electron chi connectivity index (χ3n) is 4.10. The van der Waals surface area contributed by atoms with Crippen molar-refractivity contribution in [3.8, 4) is 5.88 Å². The van der Waals surface area contributed by atoms with Gasteiger partial charge in [-0.3, -0.25) is 9.59 Å². The highest BCUT2D eigenvalue weighted by atomic mass is 19.1. The molecule has 8 nitrogen and oxygen atoms in total. The number of aromatic nitrogens is 3. The Morgan fingerprint density at radius 1 is 1.21 bits per heavy atom. The number of aromatic amines is 1. The van der Waals surface area contributed by atoms with E-state index >= 15 is 0 Å². The number of rotatable bonds is 6. The third-order valence-corrected chi connectivity index (χ3v) is 4.10. The predicted molar refractivity (Wildman–Crippen MR) is 101 cm³/mol. The smallest absolute Gasteiger partial charge is 0.287 e. The second-order valence-corrected chi connectivity index (χ2v) is 6.18. The fraction of sp³-hybridized carbons (Fsp3) is 0.100. The van der Waals surface area contributed by atoms with Crippen LogP contribution in [0.25, 0.3) is 10.9 Å². The topological polar surface area (TPSA) is 110 Å². The number of nitrogens with one attached hydrogen (secondary N) is 2. The van der Waals surface area contributed by atoms with E-state index in [9.17, 15) is 14.0 Å². The molecular weight excluding hydrogens is 379 g/mol. The van der Waals surface area contributed by atoms with E-state index in [0.717, 1.165) is 17.2 Å². The van der Waals surface area contributed by atoms with Crippen LogP contribution in [0.15, 0.2) is 64.3 Å².